The fourth-order valence-corrected chi connectivity index (χ4v) is 2.06. The van der Waals surface area contributed by atoms with Crippen molar-refractivity contribution in [2.24, 2.45) is 5.73 Å². The summed E-state index contributed by atoms with van der Waals surface area (Å²) in [6, 6.07) is 6.35. The summed E-state index contributed by atoms with van der Waals surface area (Å²) < 4.78 is 15.4. The van der Waals surface area contributed by atoms with E-state index in [-0.39, 0.29) is 0 Å². The summed E-state index contributed by atoms with van der Waals surface area (Å²) in [6.07, 6.45) is 2.87. The van der Waals surface area contributed by atoms with Crippen LogP contribution in [0.2, 0.25) is 0 Å². The fourth-order valence-electron chi connectivity index (χ4n) is 2.06. The molecule has 9 heteroatoms. The molecule has 1 aliphatic rings. The van der Waals surface area contributed by atoms with E-state index in [0.717, 1.165) is 5.52 Å². The number of nitrogens with one attached hydrogen (secondary N) is 2. The van der Waals surface area contributed by atoms with E-state index in [2.05, 4.69) is 15.6 Å². The molecule has 0 radical (unpaired) electrons. The zero-order valence-electron chi connectivity index (χ0n) is 12.8. The Labute approximate surface area is 136 Å². The molecule has 0 saturated carbocycles. The summed E-state index contributed by atoms with van der Waals surface area (Å²) in [5.74, 6) is -3.15. The second kappa shape index (κ2) is 6.20. The minimum atomic E-state index is -1.49. The molecule has 1 saturated heterocycles. The summed E-state index contributed by atoms with van der Waals surface area (Å²) in [5, 5.41) is 5.82. The number of fused-ring (bicyclic) bond motifs is 1. The van der Waals surface area contributed by atoms with Crippen molar-refractivity contribution in [2.75, 3.05) is 12.0 Å². The number of rotatable bonds is 5. The number of cyclic esters (lactones) is 2. The molecule has 0 atom stereocenters. The number of esters is 2. The van der Waals surface area contributed by atoms with Gasteiger partial charge in [-0.15, -0.1) is 0 Å². The Kier molecular flexibility index (Phi) is 4.09. The monoisotopic (exact) mass is 332 g/mol. The van der Waals surface area contributed by atoms with Crippen molar-refractivity contribution in [1.29, 1.82) is 0 Å². The van der Waals surface area contributed by atoms with Crippen molar-refractivity contribution in [3.05, 3.63) is 36.5 Å². The van der Waals surface area contributed by atoms with Crippen molar-refractivity contribution >= 4 is 29.1 Å². The van der Waals surface area contributed by atoms with Crippen molar-refractivity contribution in [3.8, 4) is 0 Å². The Hall–Kier alpha value is -3.07. The molecule has 1 aromatic heterocycles. The molecule has 9 nitrogen and oxygen atoms in total. The topological polar surface area (TPSA) is 129 Å². The molecule has 0 spiro atoms. The number of aromatic nitrogens is 1. The minimum Gasteiger partial charge on any atom is -0.424 e. The normalized spacial score (nSPS) is 24.0. The maximum Gasteiger partial charge on any atom is 0.338 e. The highest BCUT2D eigenvalue weighted by atomic mass is 16.7. The molecule has 0 bridgehead atoms. The average Bonchev–Trinajstić information content (AvgIpc) is 2.95. The van der Waals surface area contributed by atoms with Crippen LogP contribution in [0.4, 0.5) is 6.01 Å². The van der Waals surface area contributed by atoms with Gasteiger partial charge in [0, 0.05) is 19.2 Å². The van der Waals surface area contributed by atoms with Crippen LogP contribution in [-0.4, -0.2) is 35.4 Å². The van der Waals surface area contributed by atoms with E-state index in [0.29, 0.717) is 18.3 Å². The molecular weight excluding hydrogens is 316 g/mol. The highest BCUT2D eigenvalue weighted by molar-refractivity contribution is 6.00. The molecule has 126 valence electrons. The van der Waals surface area contributed by atoms with Crippen LogP contribution >= 0.6 is 0 Å². The van der Waals surface area contributed by atoms with Gasteiger partial charge >= 0.3 is 11.9 Å². The van der Waals surface area contributed by atoms with E-state index >= 15 is 0 Å². The molecule has 1 aromatic carbocycles. The molecule has 2 aromatic rings. The number of nitrogens with zero attached hydrogens (tertiary/aromatic N) is 1. The van der Waals surface area contributed by atoms with Gasteiger partial charge in [-0.05, 0) is 12.1 Å². The number of benzene rings is 1. The van der Waals surface area contributed by atoms with Gasteiger partial charge in [0.15, 0.2) is 5.58 Å². The molecular formula is C15H16N4O5. The number of para-hydroxylation sites is 2. The zero-order chi connectivity index (χ0) is 17.2. The third-order valence-electron chi connectivity index (χ3n) is 3.25. The second-order valence-corrected chi connectivity index (χ2v) is 5.21. The molecule has 1 fully saturated rings. The van der Waals surface area contributed by atoms with E-state index in [1.165, 1.54) is 19.2 Å². The van der Waals surface area contributed by atoms with E-state index in [9.17, 15) is 9.59 Å². The van der Waals surface area contributed by atoms with Crippen LogP contribution in [0.15, 0.2) is 41.0 Å². The maximum atomic E-state index is 11.4. The number of nitrogens with two attached hydrogens (primary N) is 1. The van der Waals surface area contributed by atoms with Gasteiger partial charge in [0.05, 0.1) is 6.67 Å². The van der Waals surface area contributed by atoms with Crippen LogP contribution in [0.1, 0.15) is 6.92 Å². The predicted octanol–water partition coefficient (Wildman–Crippen LogP) is 0.444. The third kappa shape index (κ3) is 3.30. The number of hydrogen-bond donors (Lipinski definition) is 3. The van der Waals surface area contributed by atoms with E-state index in [1.807, 2.05) is 24.3 Å². The molecule has 24 heavy (non-hydrogen) atoms. The van der Waals surface area contributed by atoms with Crippen molar-refractivity contribution < 1.29 is 23.5 Å². The Morgan fingerprint density at radius 3 is 2.71 bits per heavy atom. The van der Waals surface area contributed by atoms with Gasteiger partial charge in [-0.1, -0.05) is 12.1 Å². The average molecular weight is 332 g/mol. The van der Waals surface area contributed by atoms with E-state index in [1.54, 1.807) is 0 Å². The number of anilines is 1. The first-order valence-corrected chi connectivity index (χ1v) is 7.19. The zero-order valence-corrected chi connectivity index (χ0v) is 12.8. The lowest BCUT2D eigenvalue weighted by Gasteiger charge is -2.32. The molecule has 1 aliphatic heterocycles. The molecule has 4 N–H and O–H groups in total. The highest BCUT2D eigenvalue weighted by Crippen LogP contribution is 2.21. The standard InChI is InChI=1S/C15H16N4O5/c1-15(23-12(20)11(16)13(21)24-15)6-7-17-8-18-14-19-9-4-2-3-5-10(9)22-14/h2-7,11,17H,8,16H2,1H3,(H,18,19). The van der Waals surface area contributed by atoms with Gasteiger partial charge in [-0.3, -0.25) is 0 Å². The van der Waals surface area contributed by atoms with Crippen molar-refractivity contribution in [3.63, 3.8) is 0 Å². The number of hydrogen-bond acceptors (Lipinski definition) is 9. The van der Waals surface area contributed by atoms with Crippen molar-refractivity contribution in [2.45, 2.75) is 18.8 Å². The third-order valence-corrected chi connectivity index (χ3v) is 3.25. The van der Waals surface area contributed by atoms with Crippen LogP contribution < -0.4 is 16.4 Å². The van der Waals surface area contributed by atoms with E-state index < -0.39 is 23.8 Å². The maximum absolute atomic E-state index is 11.4. The SMILES string of the molecule is CC1(C=CNCNc2nc3ccccc3o2)OC(=O)C(N)C(=O)O1. The van der Waals surface area contributed by atoms with Crippen LogP contribution in [0.5, 0.6) is 0 Å². The summed E-state index contributed by atoms with van der Waals surface area (Å²) in [5.41, 5.74) is 6.73. The summed E-state index contributed by atoms with van der Waals surface area (Å²) in [7, 11) is 0. The largest absolute Gasteiger partial charge is 0.424 e. The van der Waals surface area contributed by atoms with Gasteiger partial charge < -0.3 is 30.3 Å². The number of oxazole rings is 1. The molecule has 3 rings (SSSR count). The Balaban J connectivity index is 1.51. The number of carbonyl (C=O) groups excluding carboxylic acids is 2. The molecule has 0 aliphatic carbocycles. The fraction of sp³-hybridized carbons (Fsp3) is 0.267. The number of ether oxygens (including phenoxy) is 2. The highest BCUT2D eigenvalue weighted by Gasteiger charge is 2.42. The molecule has 0 amide bonds. The predicted molar refractivity (Wildman–Crippen MR) is 83.3 cm³/mol. The van der Waals surface area contributed by atoms with Gasteiger partial charge in [0.1, 0.15) is 5.52 Å². The van der Waals surface area contributed by atoms with Crippen LogP contribution in [0.25, 0.3) is 11.1 Å². The lowest BCUT2D eigenvalue weighted by molar-refractivity contribution is -0.224. The molecule has 0 unspecified atom stereocenters. The summed E-state index contributed by atoms with van der Waals surface area (Å²) in [6.45, 7) is 1.72. The Bertz CT molecular complexity index is 749. The summed E-state index contributed by atoms with van der Waals surface area (Å²) >= 11 is 0. The summed E-state index contributed by atoms with van der Waals surface area (Å²) in [4.78, 5) is 27.1. The van der Waals surface area contributed by atoms with Crippen LogP contribution in [-0.2, 0) is 19.1 Å². The minimum absolute atomic E-state index is 0.292. The Morgan fingerprint density at radius 2 is 2.00 bits per heavy atom. The van der Waals surface area contributed by atoms with E-state index in [4.69, 9.17) is 19.6 Å². The van der Waals surface area contributed by atoms with Crippen LogP contribution in [0.3, 0.4) is 0 Å². The molecule has 2 heterocycles. The van der Waals surface area contributed by atoms with Crippen LogP contribution in [0, 0.1) is 0 Å². The second-order valence-electron chi connectivity index (χ2n) is 5.21. The first-order chi connectivity index (χ1) is 11.5. The van der Waals surface area contributed by atoms with Crippen molar-refractivity contribution in [1.82, 2.24) is 10.3 Å². The smallest absolute Gasteiger partial charge is 0.338 e. The quantitative estimate of drug-likeness (QED) is 0.309. The van der Waals surface area contributed by atoms with Gasteiger partial charge in [0.2, 0.25) is 6.04 Å². The van der Waals surface area contributed by atoms with Gasteiger partial charge in [0.25, 0.3) is 11.8 Å². The first-order valence-electron chi connectivity index (χ1n) is 7.19. The Morgan fingerprint density at radius 1 is 1.29 bits per heavy atom. The van der Waals surface area contributed by atoms with Gasteiger partial charge in [-0.2, -0.15) is 4.98 Å². The number of carbonyl (C=O) groups is 2. The lowest BCUT2D eigenvalue weighted by Crippen LogP contribution is -2.53. The first kappa shape index (κ1) is 15.8. The van der Waals surface area contributed by atoms with Gasteiger partial charge in [-0.25, -0.2) is 9.59 Å². The lowest BCUT2D eigenvalue weighted by atomic mass is 10.2.